The van der Waals surface area contributed by atoms with E-state index in [-0.39, 0.29) is 12.0 Å². The first-order valence-corrected chi connectivity index (χ1v) is 4.52. The average molecular weight is 171 g/mol. The third-order valence-corrected chi connectivity index (χ3v) is 2.28. The van der Waals surface area contributed by atoms with E-state index in [2.05, 4.69) is 4.90 Å². The van der Waals surface area contributed by atoms with Crippen LogP contribution in [-0.4, -0.2) is 41.5 Å². The van der Waals surface area contributed by atoms with Crippen molar-refractivity contribution in [3.8, 4) is 0 Å². The molecule has 0 aliphatic carbocycles. The molecule has 70 valence electrons. The summed E-state index contributed by atoms with van der Waals surface area (Å²) >= 11 is 0. The third kappa shape index (κ3) is 2.57. The zero-order valence-electron chi connectivity index (χ0n) is 7.79. The van der Waals surface area contributed by atoms with E-state index in [1.54, 1.807) is 6.92 Å². The maximum absolute atomic E-state index is 11.1. The number of nitrogens with zero attached hydrogens (tertiary/aromatic N) is 1. The molecule has 0 aromatic heterocycles. The molecular weight excluding hydrogens is 154 g/mol. The number of hydrogen-bond donors (Lipinski definition) is 1. The minimum atomic E-state index is -0.287. The number of hydrogen-bond acceptors (Lipinski definition) is 3. The minimum absolute atomic E-state index is 0.150. The maximum atomic E-state index is 11.1. The fourth-order valence-electron chi connectivity index (χ4n) is 1.63. The molecule has 0 amide bonds. The standard InChI is InChI=1S/C9H17NO2/c1-7-5-10(6-8(2)11)4-3-9(7)12/h7-8,11H,3-6H2,1-2H3. The molecule has 1 N–H and O–H groups in total. The molecule has 0 spiro atoms. The summed E-state index contributed by atoms with van der Waals surface area (Å²) in [4.78, 5) is 13.3. The lowest BCUT2D eigenvalue weighted by Crippen LogP contribution is -2.42. The second kappa shape index (κ2) is 4.01. The summed E-state index contributed by atoms with van der Waals surface area (Å²) in [6, 6.07) is 0. The Bertz CT molecular complexity index is 168. The molecule has 1 saturated heterocycles. The SMILES string of the molecule is CC(O)CN1CCC(=O)C(C)C1. The van der Waals surface area contributed by atoms with Crippen LogP contribution < -0.4 is 0 Å². The van der Waals surface area contributed by atoms with Crippen LogP contribution in [0, 0.1) is 5.92 Å². The van der Waals surface area contributed by atoms with Crippen molar-refractivity contribution in [2.75, 3.05) is 19.6 Å². The molecule has 1 rings (SSSR count). The molecule has 1 aliphatic heterocycles. The van der Waals surface area contributed by atoms with Crippen LogP contribution in [0.15, 0.2) is 0 Å². The van der Waals surface area contributed by atoms with Crippen LogP contribution in [0.2, 0.25) is 0 Å². The van der Waals surface area contributed by atoms with Crippen LogP contribution in [0.3, 0.4) is 0 Å². The van der Waals surface area contributed by atoms with Crippen molar-refractivity contribution in [2.24, 2.45) is 5.92 Å². The molecule has 3 nitrogen and oxygen atoms in total. The first kappa shape index (κ1) is 9.68. The molecule has 3 heteroatoms. The van der Waals surface area contributed by atoms with Crippen LogP contribution >= 0.6 is 0 Å². The summed E-state index contributed by atoms with van der Waals surface area (Å²) in [6.07, 6.45) is 0.360. The van der Waals surface area contributed by atoms with E-state index in [1.165, 1.54) is 0 Å². The van der Waals surface area contributed by atoms with E-state index in [1.807, 2.05) is 6.92 Å². The predicted octanol–water partition coefficient (Wildman–Crippen LogP) is 0.278. The lowest BCUT2D eigenvalue weighted by Gasteiger charge is -2.30. The summed E-state index contributed by atoms with van der Waals surface area (Å²) in [5.41, 5.74) is 0. The van der Waals surface area contributed by atoms with Crippen molar-refractivity contribution >= 4 is 5.78 Å². The second-order valence-corrected chi connectivity index (χ2v) is 3.73. The summed E-state index contributed by atoms with van der Waals surface area (Å²) < 4.78 is 0. The van der Waals surface area contributed by atoms with Crippen molar-refractivity contribution in [1.82, 2.24) is 4.90 Å². The quantitative estimate of drug-likeness (QED) is 0.648. The van der Waals surface area contributed by atoms with Gasteiger partial charge >= 0.3 is 0 Å². The minimum Gasteiger partial charge on any atom is -0.392 e. The number of aliphatic hydroxyl groups is 1. The number of piperidine rings is 1. The summed E-state index contributed by atoms with van der Waals surface area (Å²) in [7, 11) is 0. The molecular formula is C9H17NO2. The van der Waals surface area contributed by atoms with Gasteiger partial charge in [0.1, 0.15) is 5.78 Å². The second-order valence-electron chi connectivity index (χ2n) is 3.73. The van der Waals surface area contributed by atoms with Gasteiger partial charge < -0.3 is 5.11 Å². The Kier molecular flexibility index (Phi) is 3.23. The van der Waals surface area contributed by atoms with Gasteiger partial charge in [0.15, 0.2) is 0 Å². The van der Waals surface area contributed by atoms with Crippen molar-refractivity contribution in [1.29, 1.82) is 0 Å². The number of β-amino-alcohol motifs (C(OH)–C–C–N with tert-alkyl or cyclic N) is 1. The Balaban J connectivity index is 2.35. The van der Waals surface area contributed by atoms with Crippen LogP contribution in [0.1, 0.15) is 20.3 Å². The van der Waals surface area contributed by atoms with E-state index in [0.717, 1.165) is 13.1 Å². The first-order chi connectivity index (χ1) is 5.59. The van der Waals surface area contributed by atoms with Gasteiger partial charge in [0.25, 0.3) is 0 Å². The number of rotatable bonds is 2. The largest absolute Gasteiger partial charge is 0.392 e. The number of Topliss-reactive ketones (excluding diaryl/α,β-unsaturated/α-hetero) is 1. The molecule has 1 fully saturated rings. The normalized spacial score (nSPS) is 28.9. The van der Waals surface area contributed by atoms with Gasteiger partial charge in [-0.25, -0.2) is 0 Å². The zero-order chi connectivity index (χ0) is 9.14. The summed E-state index contributed by atoms with van der Waals surface area (Å²) in [6.45, 7) is 6.05. The van der Waals surface area contributed by atoms with E-state index in [4.69, 9.17) is 5.11 Å². The molecule has 12 heavy (non-hydrogen) atoms. The molecule has 1 heterocycles. The van der Waals surface area contributed by atoms with Crippen molar-refractivity contribution in [3.05, 3.63) is 0 Å². The van der Waals surface area contributed by atoms with Crippen molar-refractivity contribution in [2.45, 2.75) is 26.4 Å². The highest BCUT2D eigenvalue weighted by Gasteiger charge is 2.23. The van der Waals surface area contributed by atoms with E-state index >= 15 is 0 Å². The highest BCUT2D eigenvalue weighted by Crippen LogP contribution is 2.11. The van der Waals surface area contributed by atoms with Crippen LogP contribution in [-0.2, 0) is 4.79 Å². The number of carbonyl (C=O) groups is 1. The number of aliphatic hydroxyl groups excluding tert-OH is 1. The van der Waals surface area contributed by atoms with Gasteiger partial charge in [-0.3, -0.25) is 9.69 Å². The third-order valence-electron chi connectivity index (χ3n) is 2.28. The lowest BCUT2D eigenvalue weighted by atomic mass is 9.98. The average Bonchev–Trinajstić information content (AvgIpc) is 1.96. The van der Waals surface area contributed by atoms with Gasteiger partial charge in [0.2, 0.25) is 0 Å². The lowest BCUT2D eigenvalue weighted by molar-refractivity contribution is -0.125. The number of ketones is 1. The van der Waals surface area contributed by atoms with Gasteiger partial charge in [-0.2, -0.15) is 0 Å². The van der Waals surface area contributed by atoms with Gasteiger partial charge in [0.05, 0.1) is 6.10 Å². The molecule has 0 aromatic rings. The Labute approximate surface area is 73.4 Å². The van der Waals surface area contributed by atoms with Crippen molar-refractivity contribution < 1.29 is 9.90 Å². The fourth-order valence-corrected chi connectivity index (χ4v) is 1.63. The Morgan fingerprint density at radius 2 is 2.42 bits per heavy atom. The molecule has 2 unspecified atom stereocenters. The summed E-state index contributed by atoms with van der Waals surface area (Å²) in [5.74, 6) is 0.509. The predicted molar refractivity (Wildman–Crippen MR) is 46.9 cm³/mol. The Hall–Kier alpha value is -0.410. The van der Waals surface area contributed by atoms with Crippen molar-refractivity contribution in [3.63, 3.8) is 0 Å². The topological polar surface area (TPSA) is 40.5 Å². The monoisotopic (exact) mass is 171 g/mol. The maximum Gasteiger partial charge on any atom is 0.138 e. The van der Waals surface area contributed by atoms with Gasteiger partial charge in [0, 0.05) is 32.0 Å². The fraction of sp³-hybridized carbons (Fsp3) is 0.889. The number of likely N-dealkylation sites (tertiary alicyclic amines) is 1. The molecule has 0 radical (unpaired) electrons. The van der Waals surface area contributed by atoms with Crippen LogP contribution in [0.4, 0.5) is 0 Å². The summed E-state index contributed by atoms with van der Waals surface area (Å²) in [5, 5.41) is 9.13. The highest BCUT2D eigenvalue weighted by atomic mass is 16.3. The Morgan fingerprint density at radius 1 is 1.75 bits per heavy atom. The zero-order valence-corrected chi connectivity index (χ0v) is 7.79. The number of carbonyl (C=O) groups excluding carboxylic acids is 1. The molecule has 2 atom stereocenters. The van der Waals surface area contributed by atoms with Gasteiger partial charge in [-0.1, -0.05) is 6.92 Å². The van der Waals surface area contributed by atoms with E-state index < -0.39 is 0 Å². The van der Waals surface area contributed by atoms with E-state index in [0.29, 0.717) is 18.7 Å². The first-order valence-electron chi connectivity index (χ1n) is 4.52. The highest BCUT2D eigenvalue weighted by molar-refractivity contribution is 5.81. The Morgan fingerprint density at radius 3 is 2.92 bits per heavy atom. The molecule has 0 saturated carbocycles. The van der Waals surface area contributed by atoms with E-state index in [9.17, 15) is 4.79 Å². The molecule has 0 aromatic carbocycles. The smallest absolute Gasteiger partial charge is 0.138 e. The van der Waals surface area contributed by atoms with Gasteiger partial charge in [-0.15, -0.1) is 0 Å². The molecule has 0 bridgehead atoms. The van der Waals surface area contributed by atoms with Crippen LogP contribution in [0.5, 0.6) is 0 Å². The van der Waals surface area contributed by atoms with Gasteiger partial charge in [-0.05, 0) is 6.92 Å². The van der Waals surface area contributed by atoms with Crippen LogP contribution in [0.25, 0.3) is 0 Å². The molecule has 1 aliphatic rings.